The SMILES string of the molecule is CCOC(=O)[C@H]1C(C)=C[C@H](OC(C)=O)CC12CCCC2. The minimum Gasteiger partial charge on any atom is -0.466 e. The molecule has 0 aromatic rings. The molecule has 0 amide bonds. The third-order valence-electron chi connectivity index (χ3n) is 4.56. The standard InChI is InChI=1S/C16H24O4/c1-4-19-15(18)14-11(2)9-13(20-12(3)17)10-16(14)7-5-6-8-16/h9,13-14H,4-8,10H2,1-3H3/t13-,14+/m0/s1. The fourth-order valence-corrected chi connectivity index (χ4v) is 3.97. The van der Waals surface area contributed by atoms with E-state index in [2.05, 4.69) is 0 Å². The van der Waals surface area contributed by atoms with E-state index >= 15 is 0 Å². The average Bonchev–Trinajstić information content (AvgIpc) is 2.76. The first-order valence-corrected chi connectivity index (χ1v) is 7.50. The van der Waals surface area contributed by atoms with Gasteiger partial charge in [-0.2, -0.15) is 0 Å². The smallest absolute Gasteiger partial charge is 0.313 e. The number of hydrogen-bond donors (Lipinski definition) is 0. The molecule has 0 unspecified atom stereocenters. The minimum atomic E-state index is -0.262. The highest BCUT2D eigenvalue weighted by Gasteiger charge is 2.50. The molecule has 0 aliphatic heterocycles. The molecule has 1 fully saturated rings. The summed E-state index contributed by atoms with van der Waals surface area (Å²) in [5, 5.41) is 0. The second-order valence-electron chi connectivity index (χ2n) is 6.02. The fourth-order valence-electron chi connectivity index (χ4n) is 3.97. The fraction of sp³-hybridized carbons (Fsp3) is 0.750. The Kier molecular flexibility index (Phi) is 4.51. The predicted octanol–water partition coefficient (Wildman–Crippen LogP) is 3.01. The van der Waals surface area contributed by atoms with E-state index < -0.39 is 0 Å². The van der Waals surface area contributed by atoms with E-state index in [0.717, 1.165) is 37.7 Å². The van der Waals surface area contributed by atoms with Crippen molar-refractivity contribution in [3.8, 4) is 0 Å². The molecule has 1 spiro atoms. The van der Waals surface area contributed by atoms with Crippen LogP contribution in [0.15, 0.2) is 11.6 Å². The molecule has 20 heavy (non-hydrogen) atoms. The van der Waals surface area contributed by atoms with Gasteiger partial charge in [0.2, 0.25) is 0 Å². The average molecular weight is 280 g/mol. The normalized spacial score (nSPS) is 28.1. The van der Waals surface area contributed by atoms with Gasteiger partial charge < -0.3 is 9.47 Å². The van der Waals surface area contributed by atoms with Gasteiger partial charge in [0, 0.05) is 6.92 Å². The van der Waals surface area contributed by atoms with Crippen LogP contribution in [0.4, 0.5) is 0 Å². The number of hydrogen-bond acceptors (Lipinski definition) is 4. The maximum atomic E-state index is 12.3. The van der Waals surface area contributed by atoms with Crippen molar-refractivity contribution in [2.24, 2.45) is 11.3 Å². The van der Waals surface area contributed by atoms with Crippen molar-refractivity contribution in [1.82, 2.24) is 0 Å². The molecule has 4 nitrogen and oxygen atoms in total. The lowest BCUT2D eigenvalue weighted by atomic mass is 9.64. The summed E-state index contributed by atoms with van der Waals surface area (Å²) in [5.74, 6) is -0.553. The molecule has 2 atom stereocenters. The third-order valence-corrected chi connectivity index (χ3v) is 4.56. The second-order valence-corrected chi connectivity index (χ2v) is 6.02. The van der Waals surface area contributed by atoms with Gasteiger partial charge in [0.05, 0.1) is 12.5 Å². The van der Waals surface area contributed by atoms with Crippen LogP contribution in [0.25, 0.3) is 0 Å². The van der Waals surface area contributed by atoms with Gasteiger partial charge in [-0.05, 0) is 44.6 Å². The third kappa shape index (κ3) is 2.89. The van der Waals surface area contributed by atoms with Crippen LogP contribution in [-0.4, -0.2) is 24.6 Å². The Morgan fingerprint density at radius 3 is 2.55 bits per heavy atom. The van der Waals surface area contributed by atoms with Crippen LogP contribution in [0, 0.1) is 11.3 Å². The first-order chi connectivity index (χ1) is 9.48. The Balaban J connectivity index is 2.28. The molecule has 4 heteroatoms. The number of esters is 2. The summed E-state index contributed by atoms with van der Waals surface area (Å²) in [7, 11) is 0. The van der Waals surface area contributed by atoms with Crippen molar-refractivity contribution in [2.75, 3.05) is 6.61 Å². The first kappa shape index (κ1) is 15.1. The zero-order valence-corrected chi connectivity index (χ0v) is 12.6. The van der Waals surface area contributed by atoms with Gasteiger partial charge in [0.25, 0.3) is 0 Å². The molecular formula is C16H24O4. The van der Waals surface area contributed by atoms with Crippen molar-refractivity contribution in [3.63, 3.8) is 0 Å². The number of carbonyl (C=O) groups excluding carboxylic acids is 2. The van der Waals surface area contributed by atoms with Gasteiger partial charge in [-0.3, -0.25) is 9.59 Å². The van der Waals surface area contributed by atoms with Crippen molar-refractivity contribution < 1.29 is 19.1 Å². The Labute approximate surface area is 120 Å². The molecule has 2 aliphatic rings. The maximum Gasteiger partial charge on any atom is 0.313 e. The van der Waals surface area contributed by atoms with E-state index in [1.807, 2.05) is 19.9 Å². The molecular weight excluding hydrogens is 256 g/mol. The van der Waals surface area contributed by atoms with E-state index in [9.17, 15) is 9.59 Å². The van der Waals surface area contributed by atoms with Crippen molar-refractivity contribution in [1.29, 1.82) is 0 Å². The summed E-state index contributed by atoms with van der Waals surface area (Å²) < 4.78 is 10.6. The van der Waals surface area contributed by atoms with E-state index in [4.69, 9.17) is 9.47 Å². The molecule has 2 aliphatic carbocycles. The van der Waals surface area contributed by atoms with E-state index in [0.29, 0.717) is 6.61 Å². The molecule has 0 aromatic carbocycles. The molecule has 112 valence electrons. The zero-order valence-electron chi connectivity index (χ0n) is 12.6. The van der Waals surface area contributed by atoms with Gasteiger partial charge in [0.15, 0.2) is 0 Å². The summed E-state index contributed by atoms with van der Waals surface area (Å²) in [6, 6.07) is 0. The molecule has 0 heterocycles. The van der Waals surface area contributed by atoms with Gasteiger partial charge in [-0.25, -0.2) is 0 Å². The molecule has 2 rings (SSSR count). The molecule has 0 N–H and O–H groups in total. The molecule has 0 bridgehead atoms. The number of carbonyl (C=O) groups is 2. The largest absolute Gasteiger partial charge is 0.466 e. The van der Waals surface area contributed by atoms with Crippen LogP contribution in [0.5, 0.6) is 0 Å². The number of rotatable bonds is 3. The highest BCUT2D eigenvalue weighted by molar-refractivity contribution is 5.77. The monoisotopic (exact) mass is 280 g/mol. The van der Waals surface area contributed by atoms with Crippen LogP contribution in [0.1, 0.15) is 52.9 Å². The Morgan fingerprint density at radius 1 is 1.35 bits per heavy atom. The van der Waals surface area contributed by atoms with Crippen molar-refractivity contribution >= 4 is 11.9 Å². The lowest BCUT2D eigenvalue weighted by Gasteiger charge is -2.42. The van der Waals surface area contributed by atoms with Crippen molar-refractivity contribution in [3.05, 3.63) is 11.6 Å². The second kappa shape index (κ2) is 5.98. The Morgan fingerprint density at radius 2 is 2.00 bits per heavy atom. The predicted molar refractivity (Wildman–Crippen MR) is 75.0 cm³/mol. The quantitative estimate of drug-likeness (QED) is 0.589. The van der Waals surface area contributed by atoms with Gasteiger partial charge in [-0.1, -0.05) is 18.4 Å². The number of ether oxygens (including phenoxy) is 2. The Bertz CT molecular complexity index is 418. The highest BCUT2D eigenvalue weighted by Crippen LogP contribution is 2.53. The zero-order chi connectivity index (χ0) is 14.8. The Hall–Kier alpha value is -1.32. The summed E-state index contributed by atoms with van der Waals surface area (Å²) >= 11 is 0. The van der Waals surface area contributed by atoms with Crippen molar-refractivity contribution in [2.45, 2.75) is 59.0 Å². The first-order valence-electron chi connectivity index (χ1n) is 7.50. The summed E-state index contributed by atoms with van der Waals surface area (Å²) in [6.45, 7) is 5.63. The summed E-state index contributed by atoms with van der Waals surface area (Å²) in [5.41, 5.74) is 0.911. The van der Waals surface area contributed by atoms with Crippen LogP contribution in [0.3, 0.4) is 0 Å². The summed E-state index contributed by atoms with van der Waals surface area (Å²) in [4.78, 5) is 23.5. The minimum absolute atomic E-state index is 0.0782. The van der Waals surface area contributed by atoms with Gasteiger partial charge >= 0.3 is 11.9 Å². The van der Waals surface area contributed by atoms with Crippen LogP contribution in [0.2, 0.25) is 0 Å². The van der Waals surface area contributed by atoms with Crippen LogP contribution >= 0.6 is 0 Å². The molecule has 0 radical (unpaired) electrons. The topological polar surface area (TPSA) is 52.6 Å². The lowest BCUT2D eigenvalue weighted by molar-refractivity contribution is -0.154. The lowest BCUT2D eigenvalue weighted by Crippen LogP contribution is -2.42. The molecule has 1 saturated carbocycles. The van der Waals surface area contributed by atoms with Gasteiger partial charge in [0.1, 0.15) is 6.10 Å². The molecule has 0 saturated heterocycles. The molecule has 0 aromatic heterocycles. The van der Waals surface area contributed by atoms with Crippen LogP contribution < -0.4 is 0 Å². The van der Waals surface area contributed by atoms with Gasteiger partial charge in [-0.15, -0.1) is 0 Å². The summed E-state index contributed by atoms with van der Waals surface area (Å²) in [6.07, 6.45) is 6.77. The van der Waals surface area contributed by atoms with E-state index in [-0.39, 0.29) is 29.4 Å². The van der Waals surface area contributed by atoms with E-state index in [1.54, 1.807) is 0 Å². The van der Waals surface area contributed by atoms with E-state index in [1.165, 1.54) is 6.92 Å². The maximum absolute atomic E-state index is 12.3. The van der Waals surface area contributed by atoms with Crippen LogP contribution in [-0.2, 0) is 19.1 Å². The highest BCUT2D eigenvalue weighted by atomic mass is 16.5.